The minimum absolute atomic E-state index is 0.280. The summed E-state index contributed by atoms with van der Waals surface area (Å²) in [5.41, 5.74) is 2.12. The van der Waals surface area contributed by atoms with E-state index in [0.717, 1.165) is 11.3 Å². The van der Waals surface area contributed by atoms with Crippen LogP contribution < -0.4 is 5.32 Å². The zero-order valence-corrected chi connectivity index (χ0v) is 12.2. The molecular formula is C15H17N3O3. The Morgan fingerprint density at radius 3 is 2.48 bits per heavy atom. The molecule has 0 aliphatic rings. The quantitative estimate of drug-likeness (QED) is 0.875. The predicted octanol–water partition coefficient (Wildman–Crippen LogP) is 1.89. The van der Waals surface area contributed by atoms with Crippen molar-refractivity contribution >= 4 is 17.5 Å². The highest BCUT2D eigenvalue weighted by Gasteiger charge is 2.21. The number of aryl methyl sites for hydroxylation is 2. The first-order valence-electron chi connectivity index (χ1n) is 6.52. The minimum Gasteiger partial charge on any atom is -0.361 e. The lowest BCUT2D eigenvalue weighted by Crippen LogP contribution is -2.36. The zero-order chi connectivity index (χ0) is 15.4. The molecule has 0 spiro atoms. The van der Waals surface area contributed by atoms with E-state index in [1.165, 1.54) is 4.90 Å². The highest BCUT2D eigenvalue weighted by atomic mass is 16.5. The summed E-state index contributed by atoms with van der Waals surface area (Å²) in [7, 11) is 1.57. The Morgan fingerprint density at radius 2 is 1.90 bits per heavy atom. The topological polar surface area (TPSA) is 75.4 Å². The van der Waals surface area contributed by atoms with Crippen molar-refractivity contribution in [3.63, 3.8) is 0 Å². The molecule has 2 aromatic rings. The standard InChI is InChI=1S/C15H17N3O3/c1-10-13(11(2)21-17-10)9-18(3)15(20)14(19)16-12-7-5-4-6-8-12/h4-8H,9H2,1-3H3,(H,16,19). The first-order valence-corrected chi connectivity index (χ1v) is 6.52. The molecule has 0 aliphatic carbocycles. The van der Waals surface area contributed by atoms with Gasteiger partial charge in [0.25, 0.3) is 0 Å². The van der Waals surface area contributed by atoms with Crippen molar-refractivity contribution in [2.75, 3.05) is 12.4 Å². The first kappa shape index (κ1) is 14.8. The fourth-order valence-electron chi connectivity index (χ4n) is 1.92. The molecule has 2 rings (SSSR count). The van der Waals surface area contributed by atoms with E-state index >= 15 is 0 Å². The number of hydrogen-bond donors (Lipinski definition) is 1. The number of amides is 2. The summed E-state index contributed by atoms with van der Waals surface area (Å²) in [6.07, 6.45) is 0. The van der Waals surface area contributed by atoms with Gasteiger partial charge in [0, 0.05) is 18.3 Å². The lowest BCUT2D eigenvalue weighted by Gasteiger charge is -2.16. The molecule has 110 valence electrons. The van der Waals surface area contributed by atoms with E-state index in [2.05, 4.69) is 10.5 Å². The summed E-state index contributed by atoms with van der Waals surface area (Å²) in [5, 5.41) is 6.39. The third-order valence-electron chi connectivity index (χ3n) is 3.15. The molecule has 6 nitrogen and oxygen atoms in total. The molecule has 0 radical (unpaired) electrons. The van der Waals surface area contributed by atoms with Crippen LogP contribution in [0, 0.1) is 13.8 Å². The lowest BCUT2D eigenvalue weighted by molar-refractivity contribution is -0.142. The second-order valence-corrected chi connectivity index (χ2v) is 4.78. The number of hydrogen-bond acceptors (Lipinski definition) is 4. The summed E-state index contributed by atoms with van der Waals surface area (Å²) in [5.74, 6) is -0.634. The van der Waals surface area contributed by atoms with Gasteiger partial charge < -0.3 is 14.7 Å². The number of carbonyl (C=O) groups is 2. The first-order chi connectivity index (χ1) is 9.99. The highest BCUT2D eigenvalue weighted by Crippen LogP contribution is 2.14. The smallest absolute Gasteiger partial charge is 0.313 e. The van der Waals surface area contributed by atoms with Crippen LogP contribution in [0.4, 0.5) is 5.69 Å². The molecule has 0 atom stereocenters. The highest BCUT2D eigenvalue weighted by molar-refractivity contribution is 6.39. The molecule has 2 amide bonds. The van der Waals surface area contributed by atoms with Crippen LogP contribution in [0.1, 0.15) is 17.0 Å². The van der Waals surface area contributed by atoms with Gasteiger partial charge in [-0.3, -0.25) is 9.59 Å². The Labute approximate surface area is 122 Å². The molecule has 1 N–H and O–H groups in total. The Bertz CT molecular complexity index is 630. The molecule has 0 unspecified atom stereocenters. The average Bonchev–Trinajstić information content (AvgIpc) is 2.79. The number of para-hydroxylation sites is 1. The molecule has 0 bridgehead atoms. The normalized spacial score (nSPS) is 10.2. The van der Waals surface area contributed by atoms with Gasteiger partial charge in [0.15, 0.2) is 0 Å². The number of benzene rings is 1. The average molecular weight is 287 g/mol. The number of anilines is 1. The SMILES string of the molecule is Cc1noc(C)c1CN(C)C(=O)C(=O)Nc1ccccc1. The van der Waals surface area contributed by atoms with E-state index in [4.69, 9.17) is 4.52 Å². The molecule has 0 fully saturated rings. The van der Waals surface area contributed by atoms with Crippen molar-refractivity contribution < 1.29 is 14.1 Å². The second-order valence-electron chi connectivity index (χ2n) is 4.78. The summed E-state index contributed by atoms with van der Waals surface area (Å²) >= 11 is 0. The third kappa shape index (κ3) is 3.47. The van der Waals surface area contributed by atoms with Crippen LogP contribution >= 0.6 is 0 Å². The van der Waals surface area contributed by atoms with Gasteiger partial charge in [0.1, 0.15) is 5.76 Å². The summed E-state index contributed by atoms with van der Waals surface area (Å²) in [6.45, 7) is 3.86. The van der Waals surface area contributed by atoms with Crippen molar-refractivity contribution in [1.29, 1.82) is 0 Å². The Balaban J connectivity index is 2.01. The van der Waals surface area contributed by atoms with E-state index in [0.29, 0.717) is 11.4 Å². The molecule has 1 heterocycles. The van der Waals surface area contributed by atoms with Crippen molar-refractivity contribution in [2.24, 2.45) is 0 Å². The largest absolute Gasteiger partial charge is 0.361 e. The number of rotatable bonds is 3. The lowest BCUT2D eigenvalue weighted by atomic mass is 10.2. The third-order valence-corrected chi connectivity index (χ3v) is 3.15. The van der Waals surface area contributed by atoms with Crippen LogP contribution in [-0.2, 0) is 16.1 Å². The zero-order valence-electron chi connectivity index (χ0n) is 12.2. The number of carbonyl (C=O) groups excluding carboxylic acids is 2. The van der Waals surface area contributed by atoms with Crippen LogP contribution in [-0.4, -0.2) is 28.9 Å². The maximum atomic E-state index is 12.1. The number of nitrogens with one attached hydrogen (secondary N) is 1. The number of nitrogens with zero attached hydrogens (tertiary/aromatic N) is 2. The van der Waals surface area contributed by atoms with Gasteiger partial charge in [-0.05, 0) is 26.0 Å². The number of aromatic nitrogens is 1. The molecule has 0 aliphatic heterocycles. The van der Waals surface area contributed by atoms with Crippen LogP contribution in [0.5, 0.6) is 0 Å². The van der Waals surface area contributed by atoms with E-state index < -0.39 is 11.8 Å². The van der Waals surface area contributed by atoms with Crippen molar-refractivity contribution in [2.45, 2.75) is 20.4 Å². The monoisotopic (exact) mass is 287 g/mol. The summed E-state index contributed by atoms with van der Waals surface area (Å²) < 4.78 is 5.04. The maximum absolute atomic E-state index is 12.1. The van der Waals surface area contributed by atoms with Crippen LogP contribution in [0.3, 0.4) is 0 Å². The van der Waals surface area contributed by atoms with Gasteiger partial charge in [-0.15, -0.1) is 0 Å². The summed E-state index contributed by atoms with van der Waals surface area (Å²) in [4.78, 5) is 25.3. The molecule has 1 aromatic heterocycles. The van der Waals surface area contributed by atoms with Crippen LogP contribution in [0.25, 0.3) is 0 Å². The van der Waals surface area contributed by atoms with E-state index in [9.17, 15) is 9.59 Å². The van der Waals surface area contributed by atoms with Gasteiger partial charge in [0.2, 0.25) is 0 Å². The molecule has 0 saturated carbocycles. The maximum Gasteiger partial charge on any atom is 0.313 e. The van der Waals surface area contributed by atoms with Crippen molar-refractivity contribution in [3.05, 3.63) is 47.3 Å². The van der Waals surface area contributed by atoms with E-state index in [1.807, 2.05) is 6.07 Å². The summed E-state index contributed by atoms with van der Waals surface area (Å²) in [6, 6.07) is 8.85. The van der Waals surface area contributed by atoms with Gasteiger partial charge >= 0.3 is 11.8 Å². The van der Waals surface area contributed by atoms with E-state index in [-0.39, 0.29) is 6.54 Å². The van der Waals surface area contributed by atoms with Crippen molar-refractivity contribution in [1.82, 2.24) is 10.1 Å². The predicted molar refractivity (Wildman–Crippen MR) is 77.5 cm³/mol. The van der Waals surface area contributed by atoms with Crippen LogP contribution in [0.2, 0.25) is 0 Å². The molecule has 1 aromatic carbocycles. The minimum atomic E-state index is -0.671. The van der Waals surface area contributed by atoms with Gasteiger partial charge in [-0.2, -0.15) is 0 Å². The molecule has 6 heteroatoms. The molecular weight excluding hydrogens is 270 g/mol. The number of likely N-dealkylation sites (N-methyl/N-ethyl adjacent to an activating group) is 1. The fraction of sp³-hybridized carbons (Fsp3) is 0.267. The van der Waals surface area contributed by atoms with Crippen molar-refractivity contribution in [3.8, 4) is 0 Å². The second kappa shape index (κ2) is 6.21. The van der Waals surface area contributed by atoms with Gasteiger partial charge in [-0.1, -0.05) is 23.4 Å². The fourth-order valence-corrected chi connectivity index (χ4v) is 1.92. The molecule has 0 saturated heterocycles. The Kier molecular flexibility index (Phi) is 4.37. The van der Waals surface area contributed by atoms with Crippen LogP contribution in [0.15, 0.2) is 34.9 Å². The van der Waals surface area contributed by atoms with Gasteiger partial charge in [-0.25, -0.2) is 0 Å². The molecule has 21 heavy (non-hydrogen) atoms. The Morgan fingerprint density at radius 1 is 1.24 bits per heavy atom. The van der Waals surface area contributed by atoms with E-state index in [1.54, 1.807) is 45.2 Å². The Hall–Kier alpha value is -2.63. The van der Waals surface area contributed by atoms with Gasteiger partial charge in [0.05, 0.1) is 12.2 Å².